The highest BCUT2D eigenvalue weighted by Gasteiger charge is 2.27. The number of carbonyl (C=O) groups is 2. The van der Waals surface area contributed by atoms with E-state index in [1.807, 2.05) is 0 Å². The van der Waals surface area contributed by atoms with Crippen LogP contribution in [0.3, 0.4) is 0 Å². The third-order valence-electron chi connectivity index (χ3n) is 4.23. The van der Waals surface area contributed by atoms with E-state index >= 15 is 0 Å². The molecule has 1 aliphatic heterocycles. The minimum absolute atomic E-state index is 0.00967. The summed E-state index contributed by atoms with van der Waals surface area (Å²) in [6, 6.07) is 4.04. The lowest BCUT2D eigenvalue weighted by atomic mass is 10.1. The van der Waals surface area contributed by atoms with Crippen LogP contribution in [-0.2, 0) is 9.59 Å². The van der Waals surface area contributed by atoms with Crippen LogP contribution >= 0.6 is 0 Å². The van der Waals surface area contributed by atoms with Crippen molar-refractivity contribution in [3.05, 3.63) is 28.3 Å². The van der Waals surface area contributed by atoms with E-state index in [0.29, 0.717) is 12.2 Å². The average molecular weight is 363 g/mol. The van der Waals surface area contributed by atoms with Crippen LogP contribution in [0.15, 0.2) is 18.2 Å². The third-order valence-corrected chi connectivity index (χ3v) is 4.23. The number of rotatable bonds is 10. The molecule has 1 heterocycles. The molecule has 0 unspecified atom stereocenters. The van der Waals surface area contributed by atoms with Gasteiger partial charge in [0.2, 0.25) is 5.91 Å². The summed E-state index contributed by atoms with van der Waals surface area (Å²) in [4.78, 5) is 35.7. The maximum Gasteiger partial charge on any atom is 0.331 e. The summed E-state index contributed by atoms with van der Waals surface area (Å²) in [6.45, 7) is 2.73. The first kappa shape index (κ1) is 19.7. The molecule has 0 atom stereocenters. The van der Waals surface area contributed by atoms with E-state index in [9.17, 15) is 19.7 Å². The molecule has 0 bridgehead atoms. The van der Waals surface area contributed by atoms with Crippen LogP contribution in [0.2, 0.25) is 0 Å². The van der Waals surface area contributed by atoms with Crippen molar-refractivity contribution in [1.82, 2.24) is 5.32 Å². The van der Waals surface area contributed by atoms with E-state index in [1.54, 1.807) is 4.90 Å². The zero-order valence-electron chi connectivity index (χ0n) is 15.0. The number of anilines is 1. The van der Waals surface area contributed by atoms with Crippen LogP contribution in [0.5, 0.6) is 5.75 Å². The van der Waals surface area contributed by atoms with Gasteiger partial charge in [0, 0.05) is 12.6 Å². The molecule has 0 spiro atoms. The molecule has 8 nitrogen and oxygen atoms in total. The first-order valence-electron chi connectivity index (χ1n) is 9.02. The van der Waals surface area contributed by atoms with E-state index in [2.05, 4.69) is 12.2 Å². The molecule has 26 heavy (non-hydrogen) atoms. The van der Waals surface area contributed by atoms with E-state index in [4.69, 9.17) is 4.74 Å². The van der Waals surface area contributed by atoms with Gasteiger partial charge in [0.1, 0.15) is 6.54 Å². The lowest BCUT2D eigenvalue weighted by Gasteiger charge is -2.28. The Balaban J connectivity index is 1.85. The highest BCUT2D eigenvalue weighted by molar-refractivity contribution is 5.89. The van der Waals surface area contributed by atoms with Gasteiger partial charge in [0.15, 0.2) is 5.75 Å². The second-order valence-corrected chi connectivity index (χ2v) is 6.36. The van der Waals surface area contributed by atoms with Gasteiger partial charge >= 0.3 is 5.97 Å². The summed E-state index contributed by atoms with van der Waals surface area (Å²) in [6.07, 6.45) is 6.87. The number of carbonyl (C=O) groups excluding carboxylic acids is 2. The maximum absolute atomic E-state index is 12.1. The first-order chi connectivity index (χ1) is 12.5. The summed E-state index contributed by atoms with van der Waals surface area (Å²) >= 11 is 0. The van der Waals surface area contributed by atoms with Crippen LogP contribution in [0, 0.1) is 10.1 Å². The van der Waals surface area contributed by atoms with Crippen LogP contribution in [-0.4, -0.2) is 36.4 Å². The summed E-state index contributed by atoms with van der Waals surface area (Å²) in [7, 11) is 0. The molecule has 1 amide bonds. The molecule has 142 valence electrons. The van der Waals surface area contributed by atoms with Gasteiger partial charge in [-0.15, -0.1) is 0 Å². The number of unbranched alkanes of at least 4 members (excludes halogenated alkanes) is 5. The second-order valence-electron chi connectivity index (χ2n) is 6.36. The van der Waals surface area contributed by atoms with Crippen LogP contribution in [0.25, 0.3) is 0 Å². The molecule has 2 rings (SSSR count). The van der Waals surface area contributed by atoms with Gasteiger partial charge in [-0.2, -0.15) is 0 Å². The van der Waals surface area contributed by atoms with Crippen LogP contribution in [0.4, 0.5) is 11.4 Å². The molecule has 0 saturated heterocycles. The van der Waals surface area contributed by atoms with Gasteiger partial charge in [0.25, 0.3) is 5.69 Å². The second kappa shape index (κ2) is 9.74. The SMILES string of the molecule is CCCCCCCCNC(=O)CN1CC(=O)Oc2cc([N+](=O)[O-])ccc21. The minimum atomic E-state index is -0.555. The number of hydrogen-bond donors (Lipinski definition) is 1. The number of hydrogen-bond acceptors (Lipinski definition) is 6. The number of nitrogens with one attached hydrogen (secondary N) is 1. The molecular formula is C18H25N3O5. The summed E-state index contributed by atoms with van der Waals surface area (Å²) in [5, 5.41) is 13.7. The molecule has 0 aromatic heterocycles. The molecule has 1 aromatic carbocycles. The number of fused-ring (bicyclic) bond motifs is 1. The van der Waals surface area contributed by atoms with Crippen LogP contribution < -0.4 is 15.0 Å². The number of nitro groups is 1. The fraction of sp³-hybridized carbons (Fsp3) is 0.556. The Bertz CT molecular complexity index is 662. The Kier molecular flexibility index (Phi) is 7.37. The highest BCUT2D eigenvalue weighted by atomic mass is 16.6. The maximum atomic E-state index is 12.1. The van der Waals surface area contributed by atoms with Crippen molar-refractivity contribution in [2.75, 3.05) is 24.5 Å². The van der Waals surface area contributed by atoms with Gasteiger partial charge < -0.3 is 15.0 Å². The predicted molar refractivity (Wildman–Crippen MR) is 97.3 cm³/mol. The van der Waals surface area contributed by atoms with E-state index < -0.39 is 10.9 Å². The van der Waals surface area contributed by atoms with E-state index in [1.165, 1.54) is 43.9 Å². The Labute approximate surface area is 152 Å². The summed E-state index contributed by atoms with van der Waals surface area (Å²) in [5.41, 5.74) is 0.343. The lowest BCUT2D eigenvalue weighted by molar-refractivity contribution is -0.384. The fourth-order valence-electron chi connectivity index (χ4n) is 2.86. The first-order valence-corrected chi connectivity index (χ1v) is 9.02. The monoisotopic (exact) mass is 363 g/mol. The van der Waals surface area contributed by atoms with Gasteiger partial charge in [-0.1, -0.05) is 39.0 Å². The Hall–Kier alpha value is -2.64. The van der Waals surface area contributed by atoms with Gasteiger partial charge in [-0.3, -0.25) is 14.9 Å². The molecular weight excluding hydrogens is 338 g/mol. The topological polar surface area (TPSA) is 102 Å². The average Bonchev–Trinajstić information content (AvgIpc) is 2.60. The molecule has 8 heteroatoms. The molecule has 1 aromatic rings. The fourth-order valence-corrected chi connectivity index (χ4v) is 2.86. The highest BCUT2D eigenvalue weighted by Crippen LogP contribution is 2.34. The lowest BCUT2D eigenvalue weighted by Crippen LogP contribution is -2.43. The normalized spacial score (nSPS) is 13.1. The number of non-ortho nitro benzene ring substituents is 1. The van der Waals surface area contributed by atoms with Gasteiger partial charge in [-0.25, -0.2) is 4.79 Å². The largest absolute Gasteiger partial charge is 0.423 e. The number of nitro benzene ring substituents is 1. The zero-order chi connectivity index (χ0) is 18.9. The molecule has 0 fully saturated rings. The quantitative estimate of drug-likeness (QED) is 0.225. The molecule has 0 radical (unpaired) electrons. The Morgan fingerprint density at radius 2 is 2.00 bits per heavy atom. The van der Waals surface area contributed by atoms with Crippen molar-refractivity contribution in [2.24, 2.45) is 0 Å². The van der Waals surface area contributed by atoms with Crippen molar-refractivity contribution in [3.63, 3.8) is 0 Å². The van der Waals surface area contributed by atoms with Crippen molar-refractivity contribution in [1.29, 1.82) is 0 Å². The van der Waals surface area contributed by atoms with Crippen LogP contribution in [0.1, 0.15) is 45.4 Å². The van der Waals surface area contributed by atoms with Gasteiger partial charge in [-0.05, 0) is 12.5 Å². The number of ether oxygens (including phenoxy) is 1. The number of benzene rings is 1. The number of amides is 1. The minimum Gasteiger partial charge on any atom is -0.423 e. The van der Waals surface area contributed by atoms with Crippen molar-refractivity contribution < 1.29 is 19.2 Å². The molecule has 0 aliphatic carbocycles. The van der Waals surface area contributed by atoms with Crippen molar-refractivity contribution in [2.45, 2.75) is 45.4 Å². The summed E-state index contributed by atoms with van der Waals surface area (Å²) in [5.74, 6) is -0.613. The van der Waals surface area contributed by atoms with E-state index in [0.717, 1.165) is 12.8 Å². The molecule has 0 saturated carbocycles. The molecule has 1 N–H and O–H groups in total. The van der Waals surface area contributed by atoms with E-state index in [-0.39, 0.29) is 30.4 Å². The van der Waals surface area contributed by atoms with Crippen molar-refractivity contribution >= 4 is 23.3 Å². The van der Waals surface area contributed by atoms with Gasteiger partial charge in [0.05, 0.1) is 23.2 Å². The smallest absolute Gasteiger partial charge is 0.331 e. The Morgan fingerprint density at radius 3 is 2.73 bits per heavy atom. The number of nitrogens with zero attached hydrogens (tertiary/aromatic N) is 2. The van der Waals surface area contributed by atoms with Crippen molar-refractivity contribution in [3.8, 4) is 5.75 Å². The third kappa shape index (κ3) is 5.72. The summed E-state index contributed by atoms with van der Waals surface area (Å²) < 4.78 is 5.06. The number of esters is 1. The standard InChI is InChI=1S/C18H25N3O5/c1-2-3-4-5-6-7-10-19-17(22)12-20-13-18(23)26-16-11-14(21(24)25)8-9-15(16)20/h8-9,11H,2-7,10,12-13H2,1H3,(H,19,22). The predicted octanol–water partition coefficient (Wildman–Crippen LogP) is 2.80. The zero-order valence-corrected chi connectivity index (χ0v) is 15.0. The Morgan fingerprint density at radius 1 is 1.27 bits per heavy atom. The molecule has 1 aliphatic rings.